The molecule has 0 aliphatic heterocycles. The first kappa shape index (κ1) is 20.5. The highest BCUT2D eigenvalue weighted by molar-refractivity contribution is 7.97. The molecule has 1 N–H and O–H groups in total. The third kappa shape index (κ3) is 5.61. The van der Waals surface area contributed by atoms with Gasteiger partial charge in [-0.05, 0) is 73.0 Å². The summed E-state index contributed by atoms with van der Waals surface area (Å²) in [6, 6.07) is 14.0. The second-order valence-corrected chi connectivity index (χ2v) is 6.47. The quantitative estimate of drug-likeness (QED) is 0.337. The zero-order chi connectivity index (χ0) is 20.6. The molecule has 0 spiro atoms. The number of benzene rings is 2. The van der Waals surface area contributed by atoms with Crippen molar-refractivity contribution in [2.45, 2.75) is 6.92 Å². The van der Waals surface area contributed by atoms with Crippen LogP contribution in [0.15, 0.2) is 57.3 Å². The van der Waals surface area contributed by atoms with Gasteiger partial charge in [0.25, 0.3) is 5.91 Å². The zero-order valence-corrected chi connectivity index (χ0v) is 16.8. The lowest BCUT2D eigenvalue weighted by atomic mass is 10.2. The van der Waals surface area contributed by atoms with Crippen molar-refractivity contribution in [3.05, 3.63) is 59.9 Å². The van der Waals surface area contributed by atoms with Gasteiger partial charge in [0.05, 0.1) is 6.61 Å². The predicted molar refractivity (Wildman–Crippen MR) is 114 cm³/mol. The number of anilines is 1. The van der Waals surface area contributed by atoms with Crippen molar-refractivity contribution in [2.75, 3.05) is 24.8 Å². The maximum Gasteiger partial charge on any atom is 0.344 e. The topological polar surface area (TPSA) is 90.1 Å². The van der Waals surface area contributed by atoms with Crippen molar-refractivity contribution in [2.24, 2.45) is 4.40 Å². The number of nitrogens with zero attached hydrogens (tertiary/aromatic N) is 1. The summed E-state index contributed by atoms with van der Waals surface area (Å²) in [7, 11) is 0. The lowest BCUT2D eigenvalue weighted by Crippen LogP contribution is -2.14. The van der Waals surface area contributed by atoms with Gasteiger partial charge in [0.2, 0.25) is 0 Å². The first-order valence-corrected chi connectivity index (χ1v) is 10.1. The van der Waals surface area contributed by atoms with Crippen LogP contribution >= 0.6 is 11.9 Å². The molecule has 1 aromatic heterocycles. The van der Waals surface area contributed by atoms with Crippen LogP contribution in [0.4, 0.5) is 5.69 Å². The summed E-state index contributed by atoms with van der Waals surface area (Å²) in [6.45, 7) is 1.88. The Balaban J connectivity index is 1.63. The monoisotopic (exact) mass is 412 g/mol. The minimum absolute atomic E-state index is 0.165. The van der Waals surface area contributed by atoms with Gasteiger partial charge in [-0.2, -0.15) is 0 Å². The maximum absolute atomic E-state index is 12.5. The summed E-state index contributed by atoms with van der Waals surface area (Å²) in [5, 5.41) is 3.59. The number of carbonyl (C=O) groups excluding carboxylic acids is 2. The van der Waals surface area contributed by atoms with E-state index in [9.17, 15) is 9.59 Å². The highest BCUT2D eigenvalue weighted by Gasteiger charge is 2.13. The molecule has 150 valence electrons. The number of esters is 1. The van der Waals surface area contributed by atoms with E-state index in [2.05, 4.69) is 9.71 Å². The van der Waals surface area contributed by atoms with E-state index in [0.717, 1.165) is 10.9 Å². The Morgan fingerprint density at radius 1 is 1.17 bits per heavy atom. The molecule has 1 heterocycles. The van der Waals surface area contributed by atoms with Gasteiger partial charge in [0, 0.05) is 23.5 Å². The van der Waals surface area contributed by atoms with Gasteiger partial charge in [-0.1, -0.05) is 0 Å². The molecule has 3 rings (SSSR count). The summed E-state index contributed by atoms with van der Waals surface area (Å²) in [5.74, 6) is -0.0841. The first-order chi connectivity index (χ1) is 14.1. The van der Waals surface area contributed by atoms with Gasteiger partial charge in [-0.15, -0.1) is 0 Å². The highest BCUT2D eigenvalue weighted by atomic mass is 32.2. The van der Waals surface area contributed by atoms with Gasteiger partial charge < -0.3 is 19.2 Å². The second kappa shape index (κ2) is 9.79. The summed E-state index contributed by atoms with van der Waals surface area (Å²) >= 11 is 1.37. The van der Waals surface area contributed by atoms with Crippen molar-refractivity contribution >= 4 is 46.7 Å². The van der Waals surface area contributed by atoms with E-state index in [-0.39, 0.29) is 18.3 Å². The number of fused-ring (bicyclic) bond motifs is 1. The van der Waals surface area contributed by atoms with Crippen LogP contribution in [0.3, 0.4) is 0 Å². The predicted octanol–water partition coefficient (Wildman–Crippen LogP) is 4.32. The van der Waals surface area contributed by atoms with Gasteiger partial charge >= 0.3 is 5.97 Å². The van der Waals surface area contributed by atoms with E-state index in [1.54, 1.807) is 43.5 Å². The fourth-order valence-corrected chi connectivity index (χ4v) is 2.77. The Bertz CT molecular complexity index is 1030. The van der Waals surface area contributed by atoms with Crippen LogP contribution in [-0.2, 0) is 9.53 Å². The standard InChI is InChI=1S/C21H20N2O5S/c1-3-26-20(24)13-27-17-7-5-16(6-8-17)23-21(25)19-11-15-10-14(12-22-29-2)4-9-18(15)28-19/h4-12H,3,13H2,1-2H3,(H,23,25). The number of carbonyl (C=O) groups is 2. The molecule has 0 aliphatic rings. The molecule has 7 nitrogen and oxygen atoms in total. The van der Waals surface area contributed by atoms with E-state index in [4.69, 9.17) is 13.9 Å². The number of hydrogen-bond acceptors (Lipinski definition) is 7. The zero-order valence-electron chi connectivity index (χ0n) is 16.0. The van der Waals surface area contributed by atoms with Crippen LogP contribution in [0.5, 0.6) is 5.75 Å². The number of amides is 1. The minimum Gasteiger partial charge on any atom is -0.482 e. The van der Waals surface area contributed by atoms with E-state index in [1.807, 2.05) is 24.5 Å². The molecule has 0 unspecified atom stereocenters. The van der Waals surface area contributed by atoms with Gasteiger partial charge in [-0.3, -0.25) is 4.79 Å². The molecule has 0 atom stereocenters. The van der Waals surface area contributed by atoms with E-state index in [1.165, 1.54) is 11.9 Å². The van der Waals surface area contributed by atoms with Crippen molar-refractivity contribution in [3.63, 3.8) is 0 Å². The Labute approximate surface area is 172 Å². The van der Waals surface area contributed by atoms with Crippen molar-refractivity contribution in [3.8, 4) is 5.75 Å². The molecule has 2 aromatic carbocycles. The summed E-state index contributed by atoms with van der Waals surface area (Å²) in [6.07, 6.45) is 3.64. The molecule has 0 saturated heterocycles. The average Bonchev–Trinajstić information content (AvgIpc) is 3.15. The maximum atomic E-state index is 12.5. The molecular weight excluding hydrogens is 392 g/mol. The number of ether oxygens (including phenoxy) is 2. The molecule has 0 bridgehead atoms. The van der Waals surface area contributed by atoms with E-state index in [0.29, 0.717) is 23.6 Å². The molecule has 0 fully saturated rings. The minimum atomic E-state index is -0.433. The van der Waals surface area contributed by atoms with Crippen molar-refractivity contribution in [1.82, 2.24) is 0 Å². The second-order valence-electron chi connectivity index (χ2n) is 5.90. The molecule has 0 radical (unpaired) electrons. The lowest BCUT2D eigenvalue weighted by Gasteiger charge is -2.07. The van der Waals surface area contributed by atoms with Crippen LogP contribution in [0, 0.1) is 0 Å². The summed E-state index contributed by atoms with van der Waals surface area (Å²) < 4.78 is 19.9. The van der Waals surface area contributed by atoms with Crippen LogP contribution in [-0.4, -0.2) is 37.6 Å². The summed E-state index contributed by atoms with van der Waals surface area (Å²) in [5.41, 5.74) is 2.13. The smallest absolute Gasteiger partial charge is 0.344 e. The average molecular weight is 412 g/mol. The molecule has 8 heteroatoms. The van der Waals surface area contributed by atoms with Gasteiger partial charge in [0.15, 0.2) is 12.4 Å². The van der Waals surface area contributed by atoms with Crippen LogP contribution in [0.25, 0.3) is 11.0 Å². The Hall–Kier alpha value is -3.26. The van der Waals surface area contributed by atoms with Crippen LogP contribution in [0.2, 0.25) is 0 Å². The number of furan rings is 1. The largest absolute Gasteiger partial charge is 0.482 e. The third-order valence-electron chi connectivity index (χ3n) is 3.85. The van der Waals surface area contributed by atoms with Crippen LogP contribution in [0.1, 0.15) is 23.0 Å². The Morgan fingerprint density at radius 3 is 2.69 bits per heavy atom. The fraction of sp³-hybridized carbons (Fsp3) is 0.190. The molecule has 0 saturated carbocycles. The Kier molecular flexibility index (Phi) is 6.91. The van der Waals surface area contributed by atoms with Crippen molar-refractivity contribution in [1.29, 1.82) is 0 Å². The third-order valence-corrected chi connectivity index (χ3v) is 4.16. The molecule has 3 aromatic rings. The van der Waals surface area contributed by atoms with Gasteiger partial charge in [-0.25, -0.2) is 9.19 Å². The lowest BCUT2D eigenvalue weighted by molar-refractivity contribution is -0.145. The van der Waals surface area contributed by atoms with Crippen LogP contribution < -0.4 is 10.1 Å². The number of rotatable bonds is 8. The number of hydrogen-bond donors (Lipinski definition) is 1. The van der Waals surface area contributed by atoms with E-state index >= 15 is 0 Å². The molecule has 29 heavy (non-hydrogen) atoms. The summed E-state index contributed by atoms with van der Waals surface area (Å²) in [4.78, 5) is 23.8. The molecular formula is C21H20N2O5S. The van der Waals surface area contributed by atoms with Crippen molar-refractivity contribution < 1.29 is 23.5 Å². The van der Waals surface area contributed by atoms with E-state index < -0.39 is 5.97 Å². The Morgan fingerprint density at radius 2 is 1.97 bits per heavy atom. The van der Waals surface area contributed by atoms with Gasteiger partial charge in [0.1, 0.15) is 11.3 Å². The highest BCUT2D eigenvalue weighted by Crippen LogP contribution is 2.22. The number of nitrogens with one attached hydrogen (secondary N) is 1. The first-order valence-electron chi connectivity index (χ1n) is 8.89. The SMILES string of the molecule is CCOC(=O)COc1ccc(NC(=O)c2cc3cc(C=NSC)ccc3o2)cc1. The molecule has 1 amide bonds. The fourth-order valence-electron chi connectivity index (χ4n) is 2.54. The molecule has 0 aliphatic carbocycles. The normalized spacial score (nSPS) is 11.0.